The van der Waals surface area contributed by atoms with Crippen LogP contribution >= 0.6 is 11.3 Å². The van der Waals surface area contributed by atoms with Crippen LogP contribution in [-0.2, 0) is 0 Å². The van der Waals surface area contributed by atoms with Crippen molar-refractivity contribution in [2.45, 2.75) is 25.8 Å². The highest BCUT2D eigenvalue weighted by Gasteiger charge is 2.33. The topological polar surface area (TPSA) is 93.7 Å². The van der Waals surface area contributed by atoms with Gasteiger partial charge in [-0.15, -0.1) is 10.2 Å². The number of fused-ring (bicyclic) bond motifs is 1. The summed E-state index contributed by atoms with van der Waals surface area (Å²) in [4.78, 5) is 27.5. The largest absolute Gasteiger partial charge is 0.454 e. The number of nitrogens with zero attached hydrogens (tertiary/aromatic N) is 3. The predicted molar refractivity (Wildman–Crippen MR) is 115 cm³/mol. The van der Waals surface area contributed by atoms with Crippen LogP contribution in [-0.4, -0.2) is 40.2 Å². The van der Waals surface area contributed by atoms with Crippen LogP contribution < -0.4 is 14.8 Å². The molecule has 1 saturated heterocycles. The molecule has 0 spiro atoms. The molecule has 1 N–H and O–H groups in total. The fraction of sp³-hybridized carbons (Fsp3) is 0.273. The maximum atomic E-state index is 13.0. The lowest BCUT2D eigenvalue weighted by atomic mass is 10.1. The van der Waals surface area contributed by atoms with Crippen molar-refractivity contribution in [2.24, 2.45) is 0 Å². The first-order valence-corrected chi connectivity index (χ1v) is 10.8. The van der Waals surface area contributed by atoms with Gasteiger partial charge in [-0.25, -0.2) is 0 Å². The molecule has 0 radical (unpaired) electrons. The van der Waals surface area contributed by atoms with Crippen molar-refractivity contribution in [3.8, 4) is 11.5 Å². The Labute approximate surface area is 182 Å². The highest BCUT2D eigenvalue weighted by Crippen LogP contribution is 2.36. The Morgan fingerprint density at radius 2 is 2.00 bits per heavy atom. The maximum Gasteiger partial charge on any atom is 0.286 e. The Balaban J connectivity index is 1.31. The fourth-order valence-corrected chi connectivity index (χ4v) is 4.72. The molecule has 2 aliphatic heterocycles. The molecule has 0 saturated carbocycles. The number of aryl methyl sites for hydroxylation is 1. The number of anilines is 1. The van der Waals surface area contributed by atoms with E-state index in [0.717, 1.165) is 18.4 Å². The Morgan fingerprint density at radius 1 is 1.13 bits per heavy atom. The number of likely N-dealkylation sites (tertiary alicyclic amines) is 1. The van der Waals surface area contributed by atoms with E-state index in [0.29, 0.717) is 34.3 Å². The van der Waals surface area contributed by atoms with Gasteiger partial charge in [0, 0.05) is 23.9 Å². The number of ether oxygens (including phenoxy) is 2. The smallest absolute Gasteiger partial charge is 0.286 e. The highest BCUT2D eigenvalue weighted by molar-refractivity contribution is 7.13. The Kier molecular flexibility index (Phi) is 5.03. The summed E-state index contributed by atoms with van der Waals surface area (Å²) in [6.45, 7) is 2.80. The van der Waals surface area contributed by atoms with Crippen LogP contribution in [0.1, 0.15) is 49.6 Å². The molecule has 1 aromatic heterocycles. The molecule has 9 heteroatoms. The molecular weight excluding hydrogens is 416 g/mol. The minimum atomic E-state index is -0.350. The van der Waals surface area contributed by atoms with Crippen molar-refractivity contribution in [2.75, 3.05) is 18.7 Å². The van der Waals surface area contributed by atoms with Gasteiger partial charge in [0.05, 0.1) is 6.04 Å². The van der Waals surface area contributed by atoms with Crippen molar-refractivity contribution >= 4 is 28.8 Å². The van der Waals surface area contributed by atoms with E-state index >= 15 is 0 Å². The van der Waals surface area contributed by atoms with E-state index in [1.807, 2.05) is 36.1 Å². The first kappa shape index (κ1) is 19.5. The molecule has 0 bridgehead atoms. The molecule has 8 nitrogen and oxygen atoms in total. The summed E-state index contributed by atoms with van der Waals surface area (Å²) < 4.78 is 10.6. The SMILES string of the molecule is Cc1cccc(C(=O)N2CCCC2c2nnc(C(=O)Nc3ccc4c(c3)OCO4)s2)c1. The molecule has 5 rings (SSSR count). The van der Waals surface area contributed by atoms with Gasteiger partial charge in [-0.1, -0.05) is 29.0 Å². The van der Waals surface area contributed by atoms with Gasteiger partial charge in [-0.05, 0) is 44.0 Å². The molecule has 2 aromatic carbocycles. The summed E-state index contributed by atoms with van der Waals surface area (Å²) in [5.74, 6) is 0.868. The van der Waals surface area contributed by atoms with Crippen LogP contribution in [0.2, 0.25) is 0 Å². The first-order valence-electron chi connectivity index (χ1n) is 10.0. The van der Waals surface area contributed by atoms with Crippen molar-refractivity contribution in [3.05, 3.63) is 63.6 Å². The van der Waals surface area contributed by atoms with E-state index in [2.05, 4.69) is 15.5 Å². The van der Waals surface area contributed by atoms with Crippen LogP contribution in [0.3, 0.4) is 0 Å². The Bertz CT molecular complexity index is 1160. The predicted octanol–water partition coefficient (Wildman–Crippen LogP) is 3.80. The minimum absolute atomic E-state index is 0.0206. The Morgan fingerprint density at radius 3 is 2.87 bits per heavy atom. The van der Waals surface area contributed by atoms with Gasteiger partial charge < -0.3 is 19.7 Å². The monoisotopic (exact) mass is 436 g/mol. The summed E-state index contributed by atoms with van der Waals surface area (Å²) in [6, 6.07) is 12.6. The number of rotatable bonds is 4. The summed E-state index contributed by atoms with van der Waals surface area (Å²) >= 11 is 1.22. The number of hydrogen-bond donors (Lipinski definition) is 1. The van der Waals surface area contributed by atoms with Gasteiger partial charge in [-0.3, -0.25) is 9.59 Å². The summed E-state index contributed by atoms with van der Waals surface area (Å²) in [5, 5.41) is 12.0. The van der Waals surface area contributed by atoms with Crippen molar-refractivity contribution in [1.29, 1.82) is 0 Å². The van der Waals surface area contributed by atoms with Crippen molar-refractivity contribution in [1.82, 2.24) is 15.1 Å². The van der Waals surface area contributed by atoms with Crippen LogP contribution in [0.4, 0.5) is 5.69 Å². The van der Waals surface area contributed by atoms with Gasteiger partial charge in [-0.2, -0.15) is 0 Å². The number of benzene rings is 2. The van der Waals surface area contributed by atoms with Crippen LogP contribution in [0.15, 0.2) is 42.5 Å². The average molecular weight is 436 g/mol. The second-order valence-corrected chi connectivity index (χ2v) is 8.50. The van der Waals surface area contributed by atoms with E-state index in [-0.39, 0.29) is 29.7 Å². The molecule has 158 valence electrons. The van der Waals surface area contributed by atoms with Gasteiger partial charge in [0.25, 0.3) is 11.8 Å². The van der Waals surface area contributed by atoms with Gasteiger partial charge in [0.1, 0.15) is 5.01 Å². The molecule has 1 fully saturated rings. The maximum absolute atomic E-state index is 13.0. The third kappa shape index (κ3) is 3.84. The van der Waals surface area contributed by atoms with Crippen LogP contribution in [0, 0.1) is 6.92 Å². The van der Waals surface area contributed by atoms with E-state index < -0.39 is 0 Å². The second-order valence-electron chi connectivity index (χ2n) is 7.49. The lowest BCUT2D eigenvalue weighted by Crippen LogP contribution is -2.30. The van der Waals surface area contributed by atoms with Gasteiger partial charge >= 0.3 is 0 Å². The third-order valence-corrected chi connectivity index (χ3v) is 6.35. The van der Waals surface area contributed by atoms with E-state index in [4.69, 9.17) is 9.47 Å². The summed E-state index contributed by atoms with van der Waals surface area (Å²) in [7, 11) is 0. The summed E-state index contributed by atoms with van der Waals surface area (Å²) in [6.07, 6.45) is 1.69. The highest BCUT2D eigenvalue weighted by atomic mass is 32.1. The lowest BCUT2D eigenvalue weighted by molar-refractivity contribution is 0.0734. The van der Waals surface area contributed by atoms with Crippen molar-refractivity contribution in [3.63, 3.8) is 0 Å². The molecule has 0 aliphatic carbocycles. The number of hydrogen-bond acceptors (Lipinski definition) is 7. The van der Waals surface area contributed by atoms with E-state index in [1.54, 1.807) is 18.2 Å². The minimum Gasteiger partial charge on any atom is -0.454 e. The van der Waals surface area contributed by atoms with E-state index in [9.17, 15) is 9.59 Å². The number of carbonyl (C=O) groups excluding carboxylic acids is 2. The zero-order chi connectivity index (χ0) is 21.4. The molecule has 2 amide bonds. The molecule has 1 atom stereocenters. The van der Waals surface area contributed by atoms with Gasteiger partial charge in [0.15, 0.2) is 11.5 Å². The zero-order valence-electron chi connectivity index (χ0n) is 16.8. The standard InChI is InChI=1S/C22H20N4O4S/c1-13-4-2-5-14(10-13)22(28)26-9-3-6-16(26)20-24-25-21(31-20)19(27)23-15-7-8-17-18(11-15)30-12-29-17/h2,4-5,7-8,10-11,16H,3,6,9,12H2,1H3,(H,23,27). The normalized spacial score (nSPS) is 17.1. The average Bonchev–Trinajstić information content (AvgIpc) is 3.52. The third-order valence-electron chi connectivity index (χ3n) is 5.33. The first-order chi connectivity index (χ1) is 15.1. The second kappa shape index (κ2) is 7.99. The zero-order valence-corrected chi connectivity index (χ0v) is 17.6. The quantitative estimate of drug-likeness (QED) is 0.669. The molecule has 3 heterocycles. The fourth-order valence-electron chi connectivity index (χ4n) is 3.83. The molecule has 3 aromatic rings. The number of nitrogens with one attached hydrogen (secondary N) is 1. The van der Waals surface area contributed by atoms with E-state index in [1.165, 1.54) is 11.3 Å². The van der Waals surface area contributed by atoms with Crippen LogP contribution in [0.5, 0.6) is 11.5 Å². The Hall–Kier alpha value is -3.46. The molecule has 1 unspecified atom stereocenters. The summed E-state index contributed by atoms with van der Waals surface area (Å²) in [5.41, 5.74) is 2.29. The molecule has 31 heavy (non-hydrogen) atoms. The van der Waals surface area contributed by atoms with Gasteiger partial charge in [0.2, 0.25) is 11.8 Å². The van der Waals surface area contributed by atoms with Crippen molar-refractivity contribution < 1.29 is 19.1 Å². The number of aromatic nitrogens is 2. The lowest BCUT2D eigenvalue weighted by Gasteiger charge is -2.23. The van der Waals surface area contributed by atoms with Crippen LogP contribution in [0.25, 0.3) is 0 Å². The number of amides is 2. The molecular formula is C22H20N4O4S. The molecule has 2 aliphatic rings. The number of carbonyl (C=O) groups is 2.